The van der Waals surface area contributed by atoms with Crippen molar-refractivity contribution in [1.82, 2.24) is 18.9 Å². The Morgan fingerprint density at radius 2 is 2.00 bits per heavy atom. The van der Waals surface area contributed by atoms with E-state index >= 15 is 0 Å². The van der Waals surface area contributed by atoms with Gasteiger partial charge >= 0.3 is 0 Å². The molecule has 0 amide bonds. The van der Waals surface area contributed by atoms with E-state index in [4.69, 9.17) is 0 Å². The van der Waals surface area contributed by atoms with Crippen molar-refractivity contribution in [2.75, 3.05) is 0 Å². The first kappa shape index (κ1) is 12.8. The lowest BCUT2D eigenvalue weighted by Crippen LogP contribution is -2.31. The van der Waals surface area contributed by atoms with Gasteiger partial charge in [0.15, 0.2) is 6.20 Å². The summed E-state index contributed by atoms with van der Waals surface area (Å²) in [6.45, 7) is 0. The first-order valence-electron chi connectivity index (χ1n) is 7.14. The van der Waals surface area contributed by atoms with Crippen molar-refractivity contribution in [3.05, 3.63) is 61.3 Å². The Labute approximate surface area is 128 Å². The number of pyridine rings is 2. The van der Waals surface area contributed by atoms with Crippen molar-refractivity contribution in [2.45, 2.75) is 0 Å². The van der Waals surface area contributed by atoms with Crippen LogP contribution in [-0.4, -0.2) is 18.9 Å². The van der Waals surface area contributed by atoms with Crippen LogP contribution in [0.3, 0.4) is 0 Å². The van der Waals surface area contributed by atoms with Crippen LogP contribution in [0.25, 0.3) is 28.4 Å². The molecule has 108 valence electrons. The minimum absolute atomic E-state index is 0.929. The molecule has 22 heavy (non-hydrogen) atoms. The number of imidazole rings is 2. The van der Waals surface area contributed by atoms with E-state index in [-0.39, 0.29) is 0 Å². The third-order valence-electron chi connectivity index (χ3n) is 3.94. The second-order valence-electron chi connectivity index (χ2n) is 5.33. The predicted molar refractivity (Wildman–Crippen MR) is 84.0 cm³/mol. The van der Waals surface area contributed by atoms with Crippen molar-refractivity contribution in [2.24, 2.45) is 14.1 Å². The molecule has 0 aromatic carbocycles. The highest BCUT2D eigenvalue weighted by Crippen LogP contribution is 2.23. The molecular formula is C17H16N5+. The number of rotatable bonds is 2. The molecule has 4 aromatic rings. The zero-order valence-electron chi connectivity index (χ0n) is 12.5. The Kier molecular flexibility index (Phi) is 2.79. The van der Waals surface area contributed by atoms with Gasteiger partial charge in [-0.05, 0) is 12.1 Å². The molecule has 4 rings (SSSR count). The second-order valence-corrected chi connectivity index (χ2v) is 5.33. The third-order valence-corrected chi connectivity index (χ3v) is 3.94. The summed E-state index contributed by atoms with van der Waals surface area (Å²) in [5.74, 6) is 0.929. The lowest BCUT2D eigenvalue weighted by Gasteiger charge is -2.04. The van der Waals surface area contributed by atoms with Gasteiger partial charge in [0, 0.05) is 49.5 Å². The highest BCUT2D eigenvalue weighted by molar-refractivity contribution is 5.65. The molecule has 0 atom stereocenters. The summed E-state index contributed by atoms with van der Waals surface area (Å²) < 4.78 is 6.24. The maximum absolute atomic E-state index is 4.44. The van der Waals surface area contributed by atoms with Crippen molar-refractivity contribution < 1.29 is 4.57 Å². The summed E-state index contributed by atoms with van der Waals surface area (Å²) in [6, 6.07) is 10.2. The van der Waals surface area contributed by atoms with Gasteiger partial charge < -0.3 is 4.57 Å². The number of hydrogen-bond donors (Lipinski definition) is 0. The second kappa shape index (κ2) is 4.80. The average molecular weight is 290 g/mol. The standard InChI is InChI=1S/C17H16N5/c1-20-9-6-13(14-5-3-4-7-18-14)11-15(20)16-12-22-10-8-19-17(22)21(16)2/h3-12H,1-2H3/q+1. The van der Waals surface area contributed by atoms with Gasteiger partial charge in [-0.15, -0.1) is 0 Å². The topological polar surface area (TPSA) is 39.0 Å². The fourth-order valence-electron chi connectivity index (χ4n) is 2.75. The smallest absolute Gasteiger partial charge is 0.231 e. The van der Waals surface area contributed by atoms with Gasteiger partial charge in [0.05, 0.1) is 5.69 Å². The first-order chi connectivity index (χ1) is 10.7. The van der Waals surface area contributed by atoms with Crippen molar-refractivity contribution in [3.8, 4) is 22.6 Å². The van der Waals surface area contributed by atoms with Crippen molar-refractivity contribution in [3.63, 3.8) is 0 Å². The van der Waals surface area contributed by atoms with Crippen LogP contribution in [0.5, 0.6) is 0 Å². The zero-order chi connectivity index (χ0) is 15.1. The van der Waals surface area contributed by atoms with Crippen LogP contribution < -0.4 is 4.57 Å². The van der Waals surface area contributed by atoms with Crippen molar-refractivity contribution in [1.29, 1.82) is 0 Å². The van der Waals surface area contributed by atoms with E-state index in [1.54, 1.807) is 0 Å². The first-order valence-corrected chi connectivity index (χ1v) is 7.14. The van der Waals surface area contributed by atoms with E-state index < -0.39 is 0 Å². The Bertz CT molecular complexity index is 950. The van der Waals surface area contributed by atoms with E-state index in [0.29, 0.717) is 0 Å². The van der Waals surface area contributed by atoms with Crippen molar-refractivity contribution >= 4 is 5.78 Å². The molecular weight excluding hydrogens is 274 g/mol. The van der Waals surface area contributed by atoms with Gasteiger partial charge in [-0.2, -0.15) is 4.57 Å². The molecule has 4 aromatic heterocycles. The lowest BCUT2D eigenvalue weighted by atomic mass is 10.1. The van der Waals surface area contributed by atoms with E-state index in [1.807, 2.05) is 55.3 Å². The Hall–Kier alpha value is -2.95. The minimum Gasteiger partial charge on any atom is -0.308 e. The van der Waals surface area contributed by atoms with Crippen LogP contribution in [0.4, 0.5) is 0 Å². The summed E-state index contributed by atoms with van der Waals surface area (Å²) >= 11 is 0. The average Bonchev–Trinajstić information content (AvgIpc) is 3.12. The highest BCUT2D eigenvalue weighted by Gasteiger charge is 2.18. The molecule has 0 unspecified atom stereocenters. The van der Waals surface area contributed by atoms with Gasteiger partial charge in [0.1, 0.15) is 12.7 Å². The molecule has 0 saturated heterocycles. The summed E-state index contributed by atoms with van der Waals surface area (Å²) in [7, 11) is 4.08. The summed E-state index contributed by atoms with van der Waals surface area (Å²) in [6.07, 6.45) is 9.75. The fraction of sp³-hybridized carbons (Fsp3) is 0.118. The van der Waals surface area contributed by atoms with Crippen LogP contribution in [0.2, 0.25) is 0 Å². The maximum Gasteiger partial charge on any atom is 0.231 e. The van der Waals surface area contributed by atoms with Crippen LogP contribution >= 0.6 is 0 Å². The Morgan fingerprint density at radius 3 is 2.77 bits per heavy atom. The van der Waals surface area contributed by atoms with Gasteiger partial charge in [-0.1, -0.05) is 6.07 Å². The molecule has 5 nitrogen and oxygen atoms in total. The third kappa shape index (κ3) is 1.90. The normalized spacial score (nSPS) is 11.2. The highest BCUT2D eigenvalue weighted by atomic mass is 15.2. The molecule has 4 heterocycles. The van der Waals surface area contributed by atoms with Crippen LogP contribution in [0.1, 0.15) is 0 Å². The van der Waals surface area contributed by atoms with Gasteiger partial charge in [0.25, 0.3) is 0 Å². The number of aryl methyl sites for hydroxylation is 2. The summed E-state index contributed by atoms with van der Waals surface area (Å²) in [5, 5.41) is 0. The molecule has 5 heteroatoms. The number of nitrogens with zero attached hydrogens (tertiary/aromatic N) is 5. The van der Waals surface area contributed by atoms with Gasteiger partial charge in [0.2, 0.25) is 11.5 Å². The van der Waals surface area contributed by atoms with E-state index in [1.165, 1.54) is 0 Å². The summed E-state index contributed by atoms with van der Waals surface area (Å²) in [4.78, 5) is 8.81. The SMILES string of the molecule is Cn1c(-c2cc(-c3ccccn3)cc[n+]2C)cn2ccnc12. The quantitative estimate of drug-likeness (QED) is 0.531. The van der Waals surface area contributed by atoms with Crippen LogP contribution in [0.15, 0.2) is 61.3 Å². The maximum atomic E-state index is 4.44. The van der Waals surface area contributed by atoms with Crippen LogP contribution in [0, 0.1) is 0 Å². The molecule has 0 fully saturated rings. The Morgan fingerprint density at radius 1 is 1.09 bits per heavy atom. The number of hydrogen-bond acceptors (Lipinski definition) is 2. The number of fused-ring (bicyclic) bond motifs is 1. The molecule has 0 spiro atoms. The molecule has 0 aliphatic carbocycles. The monoisotopic (exact) mass is 290 g/mol. The molecule has 0 bridgehead atoms. The van der Waals surface area contributed by atoms with E-state index in [9.17, 15) is 0 Å². The predicted octanol–water partition coefficient (Wildman–Crippen LogP) is 2.23. The molecule has 0 aliphatic heterocycles. The minimum atomic E-state index is 0.929. The van der Waals surface area contributed by atoms with E-state index in [0.717, 1.165) is 28.4 Å². The molecule has 0 saturated carbocycles. The zero-order valence-corrected chi connectivity index (χ0v) is 12.5. The van der Waals surface area contributed by atoms with Crippen LogP contribution in [-0.2, 0) is 14.1 Å². The molecule has 0 radical (unpaired) electrons. The van der Waals surface area contributed by atoms with E-state index in [2.05, 4.69) is 43.6 Å². The largest absolute Gasteiger partial charge is 0.308 e. The van der Waals surface area contributed by atoms with Gasteiger partial charge in [-0.25, -0.2) is 4.98 Å². The number of aromatic nitrogens is 5. The molecule has 0 N–H and O–H groups in total. The fourth-order valence-corrected chi connectivity index (χ4v) is 2.75. The summed E-state index contributed by atoms with van der Waals surface area (Å²) in [5.41, 5.74) is 4.32. The Balaban J connectivity index is 1.91. The molecule has 0 aliphatic rings. The lowest BCUT2D eigenvalue weighted by molar-refractivity contribution is -0.660. The van der Waals surface area contributed by atoms with Gasteiger partial charge in [-0.3, -0.25) is 9.38 Å².